The number of ether oxygens (including phenoxy) is 2. The second-order valence-electron chi connectivity index (χ2n) is 7.44. The van der Waals surface area contributed by atoms with Crippen molar-refractivity contribution in [3.05, 3.63) is 82.9 Å². The zero-order chi connectivity index (χ0) is 23.4. The summed E-state index contributed by atoms with van der Waals surface area (Å²) < 4.78 is 38.3. The summed E-state index contributed by atoms with van der Waals surface area (Å²) in [6.07, 6.45) is 0.525. The highest BCUT2D eigenvalue weighted by molar-refractivity contribution is 7.92. The van der Waals surface area contributed by atoms with Crippen LogP contribution in [0.15, 0.2) is 71.6 Å². The summed E-state index contributed by atoms with van der Waals surface area (Å²) in [6.45, 7) is 1.26. The number of carbonyl (C=O) groups is 1. The molecule has 33 heavy (non-hydrogen) atoms. The number of benzene rings is 3. The standard InChI is InChI=1S/C24H23ClN2O5S/c1-27(19-7-3-2-4-8-19)33(29,30)20-9-5-6-18(16-20)24(28)26-11-10-17-14-21(25)23-22(15-17)31-12-13-32-23/h2-9,14-16H,10-13H2,1H3,(H,26,28). The van der Waals surface area contributed by atoms with E-state index in [0.717, 1.165) is 5.56 Å². The van der Waals surface area contributed by atoms with Gasteiger partial charge >= 0.3 is 0 Å². The molecule has 3 aromatic rings. The molecular formula is C24H23ClN2O5S. The normalized spacial score (nSPS) is 12.8. The van der Waals surface area contributed by atoms with E-state index in [1.807, 2.05) is 12.1 Å². The molecule has 0 radical (unpaired) electrons. The van der Waals surface area contributed by atoms with Crippen molar-refractivity contribution in [2.45, 2.75) is 11.3 Å². The molecular weight excluding hydrogens is 464 g/mol. The number of fused-ring (bicyclic) bond motifs is 1. The first kappa shape index (κ1) is 22.9. The smallest absolute Gasteiger partial charge is 0.264 e. The molecule has 0 unspecified atom stereocenters. The van der Waals surface area contributed by atoms with Crippen molar-refractivity contribution in [3.8, 4) is 11.5 Å². The first-order valence-corrected chi connectivity index (χ1v) is 12.2. The third kappa shape index (κ3) is 5.07. The number of anilines is 1. The predicted molar refractivity (Wildman–Crippen MR) is 127 cm³/mol. The number of halogens is 1. The number of carbonyl (C=O) groups excluding carboxylic acids is 1. The zero-order valence-corrected chi connectivity index (χ0v) is 19.5. The van der Waals surface area contributed by atoms with E-state index in [0.29, 0.717) is 48.4 Å². The number of nitrogens with one attached hydrogen (secondary N) is 1. The molecule has 0 saturated heterocycles. The highest BCUT2D eigenvalue weighted by Crippen LogP contribution is 2.38. The van der Waals surface area contributed by atoms with Crippen LogP contribution in [0, 0.1) is 0 Å². The van der Waals surface area contributed by atoms with Gasteiger partial charge in [-0.05, 0) is 54.4 Å². The maximum absolute atomic E-state index is 13.0. The van der Waals surface area contributed by atoms with Crippen molar-refractivity contribution in [1.29, 1.82) is 0 Å². The van der Waals surface area contributed by atoms with Gasteiger partial charge in [0.2, 0.25) is 0 Å². The maximum Gasteiger partial charge on any atom is 0.264 e. The van der Waals surface area contributed by atoms with E-state index in [1.54, 1.807) is 42.5 Å². The van der Waals surface area contributed by atoms with Gasteiger partial charge in [-0.15, -0.1) is 0 Å². The summed E-state index contributed by atoms with van der Waals surface area (Å²) in [5.41, 5.74) is 1.69. The fourth-order valence-electron chi connectivity index (χ4n) is 3.46. The fraction of sp³-hybridized carbons (Fsp3) is 0.208. The van der Waals surface area contributed by atoms with Crippen molar-refractivity contribution in [3.63, 3.8) is 0 Å². The number of sulfonamides is 1. The molecule has 1 N–H and O–H groups in total. The molecule has 1 aliphatic heterocycles. The molecule has 4 rings (SSSR count). The number of rotatable bonds is 7. The lowest BCUT2D eigenvalue weighted by Gasteiger charge is -2.20. The molecule has 0 saturated carbocycles. The molecule has 1 heterocycles. The first-order chi connectivity index (χ1) is 15.9. The second-order valence-corrected chi connectivity index (χ2v) is 9.82. The molecule has 1 aliphatic rings. The highest BCUT2D eigenvalue weighted by Gasteiger charge is 2.22. The lowest BCUT2D eigenvalue weighted by Crippen LogP contribution is -2.28. The lowest BCUT2D eigenvalue weighted by atomic mass is 10.1. The molecule has 7 nitrogen and oxygen atoms in total. The number of para-hydroxylation sites is 1. The van der Waals surface area contributed by atoms with Crippen LogP contribution in [0.4, 0.5) is 5.69 Å². The summed E-state index contributed by atoms with van der Waals surface area (Å²) >= 11 is 6.26. The Labute approximate surface area is 197 Å². The Morgan fingerprint density at radius 1 is 1.03 bits per heavy atom. The highest BCUT2D eigenvalue weighted by atomic mass is 35.5. The minimum Gasteiger partial charge on any atom is -0.486 e. The third-order valence-electron chi connectivity index (χ3n) is 5.23. The van der Waals surface area contributed by atoms with E-state index in [2.05, 4.69) is 5.32 Å². The largest absolute Gasteiger partial charge is 0.486 e. The van der Waals surface area contributed by atoms with Gasteiger partial charge in [0.1, 0.15) is 13.2 Å². The molecule has 0 spiro atoms. The minimum absolute atomic E-state index is 0.0418. The first-order valence-electron chi connectivity index (χ1n) is 10.4. The molecule has 0 aromatic heterocycles. The van der Waals surface area contributed by atoms with E-state index in [4.69, 9.17) is 21.1 Å². The van der Waals surface area contributed by atoms with E-state index < -0.39 is 10.0 Å². The Hall–Kier alpha value is -3.23. The van der Waals surface area contributed by atoms with Crippen LogP contribution in [0.5, 0.6) is 11.5 Å². The van der Waals surface area contributed by atoms with Crippen LogP contribution in [0.2, 0.25) is 5.02 Å². The van der Waals surface area contributed by atoms with Crippen LogP contribution in [-0.4, -0.2) is 41.1 Å². The molecule has 0 bridgehead atoms. The van der Waals surface area contributed by atoms with Crippen LogP contribution in [0.3, 0.4) is 0 Å². The van der Waals surface area contributed by atoms with Gasteiger partial charge in [0.25, 0.3) is 15.9 Å². The molecule has 3 aromatic carbocycles. The molecule has 1 amide bonds. The molecule has 0 aliphatic carbocycles. The second kappa shape index (κ2) is 9.72. The fourth-order valence-corrected chi connectivity index (χ4v) is 4.99. The predicted octanol–water partition coefficient (Wildman–Crippen LogP) is 3.91. The number of nitrogens with zero attached hydrogens (tertiary/aromatic N) is 1. The summed E-state index contributed by atoms with van der Waals surface area (Å²) in [5, 5.41) is 3.29. The topological polar surface area (TPSA) is 84.9 Å². The molecule has 9 heteroatoms. The van der Waals surface area contributed by atoms with Gasteiger partial charge in [-0.25, -0.2) is 8.42 Å². The van der Waals surface area contributed by atoms with Crippen molar-refractivity contribution in [2.75, 3.05) is 31.1 Å². The number of amides is 1. The van der Waals surface area contributed by atoms with Gasteiger partial charge in [0, 0.05) is 19.2 Å². The lowest BCUT2D eigenvalue weighted by molar-refractivity contribution is 0.0954. The Kier molecular flexibility index (Phi) is 6.76. The summed E-state index contributed by atoms with van der Waals surface area (Å²) in [7, 11) is -2.33. The Morgan fingerprint density at radius 3 is 2.58 bits per heavy atom. The average Bonchev–Trinajstić information content (AvgIpc) is 2.84. The van der Waals surface area contributed by atoms with Crippen LogP contribution in [0.1, 0.15) is 15.9 Å². The zero-order valence-electron chi connectivity index (χ0n) is 18.0. The number of hydrogen-bond donors (Lipinski definition) is 1. The summed E-state index contributed by atoms with van der Waals surface area (Å²) in [4.78, 5) is 12.7. The van der Waals surface area contributed by atoms with Crippen molar-refractivity contribution >= 4 is 33.2 Å². The SMILES string of the molecule is CN(c1ccccc1)S(=O)(=O)c1cccc(C(=O)NCCc2cc(Cl)c3c(c2)OCCO3)c1. The Morgan fingerprint density at radius 2 is 1.79 bits per heavy atom. The van der Waals surface area contributed by atoms with E-state index in [-0.39, 0.29) is 16.4 Å². The Bertz CT molecular complexity index is 1270. The van der Waals surface area contributed by atoms with Crippen LogP contribution >= 0.6 is 11.6 Å². The maximum atomic E-state index is 13.0. The van der Waals surface area contributed by atoms with Gasteiger partial charge in [0.05, 0.1) is 15.6 Å². The van der Waals surface area contributed by atoms with Gasteiger partial charge < -0.3 is 14.8 Å². The molecule has 0 fully saturated rings. The van der Waals surface area contributed by atoms with Crippen LogP contribution < -0.4 is 19.1 Å². The van der Waals surface area contributed by atoms with E-state index in [1.165, 1.54) is 23.5 Å². The quantitative estimate of drug-likeness (QED) is 0.547. The van der Waals surface area contributed by atoms with Crippen LogP contribution in [0.25, 0.3) is 0 Å². The van der Waals surface area contributed by atoms with Gasteiger partial charge in [-0.3, -0.25) is 9.10 Å². The summed E-state index contributed by atoms with van der Waals surface area (Å²) in [5.74, 6) is 0.766. The Balaban J connectivity index is 1.42. The monoisotopic (exact) mass is 486 g/mol. The van der Waals surface area contributed by atoms with E-state index in [9.17, 15) is 13.2 Å². The number of hydrogen-bond acceptors (Lipinski definition) is 5. The third-order valence-corrected chi connectivity index (χ3v) is 7.29. The average molecular weight is 487 g/mol. The van der Waals surface area contributed by atoms with Crippen LogP contribution in [-0.2, 0) is 16.4 Å². The van der Waals surface area contributed by atoms with Crippen molar-refractivity contribution in [1.82, 2.24) is 5.32 Å². The van der Waals surface area contributed by atoms with E-state index >= 15 is 0 Å². The molecule has 0 atom stereocenters. The van der Waals surface area contributed by atoms with Crippen molar-refractivity contribution in [2.24, 2.45) is 0 Å². The van der Waals surface area contributed by atoms with Gasteiger partial charge in [-0.2, -0.15) is 0 Å². The van der Waals surface area contributed by atoms with Gasteiger partial charge in [-0.1, -0.05) is 35.9 Å². The van der Waals surface area contributed by atoms with Crippen molar-refractivity contribution < 1.29 is 22.7 Å². The minimum atomic E-state index is -3.81. The summed E-state index contributed by atoms with van der Waals surface area (Å²) in [6, 6.07) is 18.4. The van der Waals surface area contributed by atoms with Gasteiger partial charge in [0.15, 0.2) is 11.5 Å². The molecule has 172 valence electrons.